The SMILES string of the molecule is Nn1c(SCc2noc3c2CCCC3)nnc1-c1ccccc1Br. The highest BCUT2D eigenvalue weighted by atomic mass is 79.9. The molecule has 0 bridgehead atoms. The average molecular weight is 406 g/mol. The Morgan fingerprint density at radius 2 is 2.04 bits per heavy atom. The molecule has 0 radical (unpaired) electrons. The number of hydrogen-bond donors (Lipinski definition) is 1. The molecule has 0 saturated heterocycles. The third-order valence-electron chi connectivity index (χ3n) is 4.15. The quantitative estimate of drug-likeness (QED) is 0.527. The molecule has 1 aliphatic rings. The number of rotatable bonds is 4. The fourth-order valence-corrected chi connectivity index (χ4v) is 4.18. The summed E-state index contributed by atoms with van der Waals surface area (Å²) in [5.41, 5.74) is 3.18. The summed E-state index contributed by atoms with van der Waals surface area (Å²) in [6.45, 7) is 0. The first-order valence-electron chi connectivity index (χ1n) is 7.78. The van der Waals surface area contributed by atoms with Gasteiger partial charge in [-0.05, 0) is 31.4 Å². The molecule has 2 heterocycles. The van der Waals surface area contributed by atoms with Crippen LogP contribution in [0.5, 0.6) is 0 Å². The van der Waals surface area contributed by atoms with E-state index in [1.807, 2.05) is 24.3 Å². The lowest BCUT2D eigenvalue weighted by Gasteiger charge is -2.09. The van der Waals surface area contributed by atoms with Crippen LogP contribution in [0.3, 0.4) is 0 Å². The van der Waals surface area contributed by atoms with E-state index < -0.39 is 0 Å². The fraction of sp³-hybridized carbons (Fsp3) is 0.312. The van der Waals surface area contributed by atoms with Crippen molar-refractivity contribution in [1.82, 2.24) is 20.0 Å². The summed E-state index contributed by atoms with van der Waals surface area (Å²) in [4.78, 5) is 0. The van der Waals surface area contributed by atoms with Crippen molar-refractivity contribution in [2.45, 2.75) is 36.6 Å². The Bertz CT molecular complexity index is 875. The summed E-state index contributed by atoms with van der Waals surface area (Å²) in [6, 6.07) is 7.82. The smallest absolute Gasteiger partial charge is 0.210 e. The highest BCUT2D eigenvalue weighted by Crippen LogP contribution is 2.31. The van der Waals surface area contributed by atoms with E-state index in [0.717, 1.165) is 34.3 Å². The molecule has 24 heavy (non-hydrogen) atoms. The number of benzene rings is 1. The van der Waals surface area contributed by atoms with E-state index in [2.05, 4.69) is 31.3 Å². The molecule has 0 spiro atoms. The predicted molar refractivity (Wildman–Crippen MR) is 96.0 cm³/mol. The maximum absolute atomic E-state index is 6.19. The third-order valence-corrected chi connectivity index (χ3v) is 5.79. The molecule has 0 saturated carbocycles. The molecule has 1 aromatic carbocycles. The lowest BCUT2D eigenvalue weighted by Crippen LogP contribution is -2.11. The first-order chi connectivity index (χ1) is 11.7. The molecule has 0 aliphatic heterocycles. The Morgan fingerprint density at radius 3 is 2.92 bits per heavy atom. The lowest BCUT2D eigenvalue weighted by molar-refractivity contribution is 0.369. The number of nitrogen functional groups attached to an aromatic ring is 1. The van der Waals surface area contributed by atoms with Gasteiger partial charge in [0.2, 0.25) is 5.16 Å². The summed E-state index contributed by atoms with van der Waals surface area (Å²) < 4.78 is 7.91. The zero-order valence-corrected chi connectivity index (χ0v) is 15.3. The van der Waals surface area contributed by atoms with Crippen LogP contribution in [0.2, 0.25) is 0 Å². The standard InChI is InChI=1S/C16H16BrN5OS/c17-12-7-3-1-5-10(12)15-19-20-16(22(15)18)24-9-13-11-6-2-4-8-14(11)23-21-13/h1,3,5,7H,2,4,6,8-9,18H2. The highest BCUT2D eigenvalue weighted by molar-refractivity contribution is 9.10. The second-order valence-corrected chi connectivity index (χ2v) is 7.48. The Balaban J connectivity index is 1.54. The van der Waals surface area contributed by atoms with Gasteiger partial charge in [-0.2, -0.15) is 0 Å². The summed E-state index contributed by atoms with van der Waals surface area (Å²) in [6.07, 6.45) is 4.42. The van der Waals surface area contributed by atoms with Gasteiger partial charge in [0, 0.05) is 27.8 Å². The van der Waals surface area contributed by atoms with E-state index in [9.17, 15) is 0 Å². The average Bonchev–Trinajstić information content (AvgIpc) is 3.17. The minimum atomic E-state index is 0.632. The van der Waals surface area contributed by atoms with Gasteiger partial charge in [0.05, 0.1) is 5.69 Å². The van der Waals surface area contributed by atoms with Crippen molar-refractivity contribution in [2.24, 2.45) is 0 Å². The van der Waals surface area contributed by atoms with Gasteiger partial charge in [-0.15, -0.1) is 10.2 Å². The molecule has 0 fully saturated rings. The number of nitrogens with zero attached hydrogens (tertiary/aromatic N) is 4. The van der Waals surface area contributed by atoms with Crippen LogP contribution in [0, 0.1) is 0 Å². The van der Waals surface area contributed by atoms with E-state index in [4.69, 9.17) is 10.4 Å². The number of nitrogens with two attached hydrogens (primary N) is 1. The van der Waals surface area contributed by atoms with Crippen molar-refractivity contribution >= 4 is 27.7 Å². The van der Waals surface area contributed by atoms with Crippen LogP contribution in [-0.2, 0) is 18.6 Å². The van der Waals surface area contributed by atoms with Crippen LogP contribution >= 0.6 is 27.7 Å². The third kappa shape index (κ3) is 2.84. The molecule has 0 unspecified atom stereocenters. The van der Waals surface area contributed by atoms with Gasteiger partial charge in [-0.25, -0.2) is 4.68 Å². The van der Waals surface area contributed by atoms with Crippen molar-refractivity contribution in [3.05, 3.63) is 45.8 Å². The number of aryl methyl sites for hydroxylation is 1. The van der Waals surface area contributed by atoms with Gasteiger partial charge in [0.25, 0.3) is 0 Å². The molecule has 2 N–H and O–H groups in total. The van der Waals surface area contributed by atoms with Gasteiger partial charge in [-0.3, -0.25) is 0 Å². The number of halogens is 1. The molecule has 6 nitrogen and oxygen atoms in total. The van der Waals surface area contributed by atoms with Crippen molar-refractivity contribution < 1.29 is 4.52 Å². The molecule has 8 heteroatoms. The monoisotopic (exact) mass is 405 g/mol. The molecule has 4 rings (SSSR count). The Morgan fingerprint density at radius 1 is 1.21 bits per heavy atom. The molecule has 0 atom stereocenters. The van der Waals surface area contributed by atoms with Crippen LogP contribution < -0.4 is 5.84 Å². The first kappa shape index (κ1) is 15.7. The second kappa shape index (κ2) is 6.60. The van der Waals surface area contributed by atoms with Crippen LogP contribution in [0.4, 0.5) is 0 Å². The molecular formula is C16H16BrN5OS. The maximum Gasteiger partial charge on any atom is 0.210 e. The van der Waals surface area contributed by atoms with Crippen molar-refractivity contribution in [2.75, 3.05) is 5.84 Å². The lowest BCUT2D eigenvalue weighted by atomic mass is 9.97. The highest BCUT2D eigenvalue weighted by Gasteiger charge is 2.20. The maximum atomic E-state index is 6.19. The van der Waals surface area contributed by atoms with Gasteiger partial charge >= 0.3 is 0 Å². The largest absolute Gasteiger partial charge is 0.361 e. The summed E-state index contributed by atoms with van der Waals surface area (Å²) in [7, 11) is 0. The second-order valence-electron chi connectivity index (χ2n) is 5.68. The zero-order chi connectivity index (χ0) is 16.5. The number of thioether (sulfide) groups is 1. The van der Waals surface area contributed by atoms with Crippen molar-refractivity contribution in [1.29, 1.82) is 0 Å². The van der Waals surface area contributed by atoms with Crippen LogP contribution in [0.1, 0.15) is 29.9 Å². The van der Waals surface area contributed by atoms with E-state index >= 15 is 0 Å². The Labute approximate surface area is 151 Å². The number of aromatic nitrogens is 4. The van der Waals surface area contributed by atoms with Crippen molar-refractivity contribution in [3.8, 4) is 11.4 Å². The molecule has 0 amide bonds. The molecular weight excluding hydrogens is 390 g/mol. The fourth-order valence-electron chi connectivity index (χ4n) is 2.90. The van der Waals surface area contributed by atoms with Gasteiger partial charge in [-0.1, -0.05) is 45.0 Å². The predicted octanol–water partition coefficient (Wildman–Crippen LogP) is 3.58. The van der Waals surface area contributed by atoms with Gasteiger partial charge in [0.1, 0.15) is 5.76 Å². The Hall–Kier alpha value is -1.80. The van der Waals surface area contributed by atoms with Crippen LogP contribution in [0.25, 0.3) is 11.4 Å². The van der Waals surface area contributed by atoms with E-state index in [0.29, 0.717) is 16.7 Å². The molecule has 3 aromatic rings. The van der Waals surface area contributed by atoms with E-state index in [-0.39, 0.29) is 0 Å². The van der Waals surface area contributed by atoms with Gasteiger partial charge < -0.3 is 10.4 Å². The van der Waals surface area contributed by atoms with Crippen LogP contribution in [0.15, 0.2) is 38.4 Å². The van der Waals surface area contributed by atoms with E-state index in [1.165, 1.54) is 34.8 Å². The molecule has 2 aromatic heterocycles. The minimum absolute atomic E-state index is 0.632. The topological polar surface area (TPSA) is 82.8 Å². The summed E-state index contributed by atoms with van der Waals surface area (Å²) in [5, 5.41) is 13.3. The molecule has 124 valence electrons. The summed E-state index contributed by atoms with van der Waals surface area (Å²) in [5.74, 6) is 8.55. The van der Waals surface area contributed by atoms with Gasteiger partial charge in [0.15, 0.2) is 5.82 Å². The van der Waals surface area contributed by atoms with Crippen LogP contribution in [-0.4, -0.2) is 20.0 Å². The zero-order valence-electron chi connectivity index (χ0n) is 12.9. The number of hydrogen-bond acceptors (Lipinski definition) is 6. The normalized spacial score (nSPS) is 13.9. The number of fused-ring (bicyclic) bond motifs is 1. The Kier molecular flexibility index (Phi) is 4.32. The molecule has 1 aliphatic carbocycles. The summed E-state index contributed by atoms with van der Waals surface area (Å²) >= 11 is 5.05. The first-order valence-corrected chi connectivity index (χ1v) is 9.56. The minimum Gasteiger partial charge on any atom is -0.361 e. The van der Waals surface area contributed by atoms with Crippen molar-refractivity contribution in [3.63, 3.8) is 0 Å². The van der Waals surface area contributed by atoms with E-state index in [1.54, 1.807) is 0 Å².